The van der Waals surface area contributed by atoms with Crippen LogP contribution >= 0.6 is 0 Å². The maximum absolute atomic E-state index is 11.7. The van der Waals surface area contributed by atoms with Crippen molar-refractivity contribution in [1.29, 1.82) is 0 Å². The average molecular weight is 288 g/mol. The van der Waals surface area contributed by atoms with Gasteiger partial charge in [0.25, 0.3) is 0 Å². The number of rotatable bonds is 3. The molecule has 0 saturated heterocycles. The molecule has 0 spiro atoms. The number of nitrogens with zero attached hydrogens (tertiary/aromatic N) is 2. The first kappa shape index (κ1) is 14.8. The molecule has 2 rings (SSSR count). The third-order valence-corrected chi connectivity index (χ3v) is 3.06. The lowest BCUT2D eigenvalue weighted by atomic mass is 10.0. The Kier molecular flexibility index (Phi) is 4.07. The molecule has 6 nitrogen and oxygen atoms in total. The Hall–Kier alpha value is -2.63. The fourth-order valence-electron chi connectivity index (χ4n) is 2.17. The summed E-state index contributed by atoms with van der Waals surface area (Å²) >= 11 is 0. The van der Waals surface area contributed by atoms with Gasteiger partial charge >= 0.3 is 11.9 Å². The standard InChI is InChI=1S/C15H16N2O4/c1-9-4-13(5-10(2)16-9)17-7-11(14(18)19)6-12(8-17)15(20)21-3/h4-5,7-8H,6H2,1-3H3,(H,18,19). The summed E-state index contributed by atoms with van der Waals surface area (Å²) in [4.78, 5) is 28.8. The summed E-state index contributed by atoms with van der Waals surface area (Å²) in [7, 11) is 1.27. The van der Waals surface area contributed by atoms with Gasteiger partial charge in [-0.25, -0.2) is 9.59 Å². The molecule has 1 N–H and O–H groups in total. The maximum Gasteiger partial charge on any atom is 0.335 e. The highest BCUT2D eigenvalue weighted by Gasteiger charge is 2.23. The van der Waals surface area contributed by atoms with Crippen LogP contribution in [0.3, 0.4) is 0 Å². The van der Waals surface area contributed by atoms with Gasteiger partial charge in [0.2, 0.25) is 0 Å². The van der Waals surface area contributed by atoms with Crippen molar-refractivity contribution in [2.24, 2.45) is 0 Å². The molecule has 0 saturated carbocycles. The molecular formula is C15H16N2O4. The van der Waals surface area contributed by atoms with E-state index in [2.05, 4.69) is 9.72 Å². The second kappa shape index (κ2) is 5.78. The third-order valence-electron chi connectivity index (χ3n) is 3.06. The molecule has 0 aromatic carbocycles. The molecule has 0 aliphatic carbocycles. The zero-order chi connectivity index (χ0) is 15.6. The van der Waals surface area contributed by atoms with Crippen LogP contribution in [0.25, 0.3) is 0 Å². The molecule has 1 aliphatic heterocycles. The van der Waals surface area contributed by atoms with Crippen LogP contribution in [0.1, 0.15) is 17.8 Å². The van der Waals surface area contributed by atoms with Gasteiger partial charge in [0.1, 0.15) is 0 Å². The number of esters is 1. The number of aryl methyl sites for hydroxylation is 2. The average Bonchev–Trinajstić information content (AvgIpc) is 2.44. The van der Waals surface area contributed by atoms with Crippen LogP contribution in [0.4, 0.5) is 5.69 Å². The normalized spacial score (nSPS) is 14.3. The zero-order valence-corrected chi connectivity index (χ0v) is 12.1. The summed E-state index contributed by atoms with van der Waals surface area (Å²) in [6.07, 6.45) is 3.14. The van der Waals surface area contributed by atoms with E-state index in [9.17, 15) is 14.7 Å². The van der Waals surface area contributed by atoms with E-state index >= 15 is 0 Å². The number of methoxy groups -OCH3 is 1. The van der Waals surface area contributed by atoms with E-state index in [4.69, 9.17) is 0 Å². The van der Waals surface area contributed by atoms with Crippen LogP contribution in [0.2, 0.25) is 0 Å². The van der Waals surface area contributed by atoms with E-state index in [-0.39, 0.29) is 12.0 Å². The number of carbonyl (C=O) groups is 2. The quantitative estimate of drug-likeness (QED) is 0.856. The first-order valence-corrected chi connectivity index (χ1v) is 6.37. The van der Waals surface area contributed by atoms with Gasteiger partial charge in [-0.1, -0.05) is 0 Å². The number of ether oxygens (including phenoxy) is 1. The van der Waals surface area contributed by atoms with Crippen molar-refractivity contribution in [3.63, 3.8) is 0 Å². The highest BCUT2D eigenvalue weighted by Crippen LogP contribution is 2.26. The molecule has 2 heterocycles. The van der Waals surface area contributed by atoms with Crippen LogP contribution in [-0.2, 0) is 14.3 Å². The Morgan fingerprint density at radius 3 is 2.29 bits per heavy atom. The van der Waals surface area contributed by atoms with E-state index < -0.39 is 11.9 Å². The number of carboxylic acids is 1. The Morgan fingerprint density at radius 1 is 1.19 bits per heavy atom. The van der Waals surface area contributed by atoms with Gasteiger partial charge in [-0.05, 0) is 26.0 Å². The van der Waals surface area contributed by atoms with Crippen molar-refractivity contribution in [3.8, 4) is 0 Å². The first-order chi connectivity index (χ1) is 9.90. The minimum Gasteiger partial charge on any atom is -0.478 e. The van der Waals surface area contributed by atoms with E-state index in [0.717, 1.165) is 17.1 Å². The number of hydrogen-bond acceptors (Lipinski definition) is 5. The highest BCUT2D eigenvalue weighted by molar-refractivity contribution is 5.96. The van der Waals surface area contributed by atoms with Gasteiger partial charge < -0.3 is 14.7 Å². The Bertz CT molecular complexity index is 641. The molecule has 0 radical (unpaired) electrons. The van der Waals surface area contributed by atoms with Gasteiger partial charge in [0.15, 0.2) is 0 Å². The van der Waals surface area contributed by atoms with Crippen LogP contribution in [-0.4, -0.2) is 29.1 Å². The maximum atomic E-state index is 11.7. The van der Waals surface area contributed by atoms with Gasteiger partial charge in [-0.15, -0.1) is 0 Å². The molecule has 0 bridgehead atoms. The van der Waals surface area contributed by atoms with Crippen molar-refractivity contribution in [1.82, 2.24) is 4.98 Å². The van der Waals surface area contributed by atoms with Crippen LogP contribution in [0, 0.1) is 13.8 Å². The number of carboxylic acid groups (broad SMARTS) is 1. The number of aliphatic carboxylic acids is 1. The van der Waals surface area contributed by atoms with Crippen LogP contribution in [0.5, 0.6) is 0 Å². The predicted molar refractivity (Wildman–Crippen MR) is 76.6 cm³/mol. The fourth-order valence-corrected chi connectivity index (χ4v) is 2.17. The summed E-state index contributed by atoms with van der Waals surface area (Å²) in [5, 5.41) is 9.20. The predicted octanol–water partition coefficient (Wildman–Crippen LogP) is 1.93. The fraction of sp³-hybridized carbons (Fsp3) is 0.267. The minimum atomic E-state index is -1.06. The molecule has 0 unspecified atom stereocenters. The lowest BCUT2D eigenvalue weighted by Gasteiger charge is -2.23. The number of pyridine rings is 1. The van der Waals surface area contributed by atoms with Gasteiger partial charge in [0, 0.05) is 35.9 Å². The lowest BCUT2D eigenvalue weighted by molar-refractivity contribution is -0.136. The minimum absolute atomic E-state index is 0.0432. The third kappa shape index (κ3) is 3.28. The summed E-state index contributed by atoms with van der Waals surface area (Å²) < 4.78 is 4.68. The van der Waals surface area contributed by atoms with Gasteiger partial charge in [0.05, 0.1) is 18.3 Å². The van der Waals surface area contributed by atoms with Crippen molar-refractivity contribution < 1.29 is 19.4 Å². The summed E-state index contributed by atoms with van der Waals surface area (Å²) in [5.41, 5.74) is 2.80. The lowest BCUT2D eigenvalue weighted by Crippen LogP contribution is -2.22. The zero-order valence-electron chi connectivity index (χ0n) is 12.1. The van der Waals surface area contributed by atoms with Crippen molar-refractivity contribution in [2.45, 2.75) is 20.3 Å². The van der Waals surface area contributed by atoms with E-state index in [1.807, 2.05) is 26.0 Å². The largest absolute Gasteiger partial charge is 0.478 e. The second-order valence-electron chi connectivity index (χ2n) is 4.80. The number of carbonyl (C=O) groups excluding carboxylic acids is 1. The van der Waals surface area contributed by atoms with E-state index in [0.29, 0.717) is 5.57 Å². The van der Waals surface area contributed by atoms with Crippen LogP contribution < -0.4 is 4.90 Å². The number of hydrogen-bond donors (Lipinski definition) is 1. The van der Waals surface area contributed by atoms with Crippen LogP contribution in [0.15, 0.2) is 35.7 Å². The summed E-state index contributed by atoms with van der Waals surface area (Å²) in [5.74, 6) is -1.59. The summed E-state index contributed by atoms with van der Waals surface area (Å²) in [6.45, 7) is 3.71. The van der Waals surface area contributed by atoms with E-state index in [1.165, 1.54) is 13.3 Å². The Balaban J connectivity index is 2.47. The second-order valence-corrected chi connectivity index (χ2v) is 4.80. The monoisotopic (exact) mass is 288 g/mol. The molecule has 1 aromatic rings. The Morgan fingerprint density at radius 2 is 1.76 bits per heavy atom. The molecule has 1 aliphatic rings. The molecule has 6 heteroatoms. The number of aromatic nitrogens is 1. The first-order valence-electron chi connectivity index (χ1n) is 6.37. The Labute approximate surface area is 122 Å². The molecule has 1 aromatic heterocycles. The molecule has 0 amide bonds. The topological polar surface area (TPSA) is 79.7 Å². The van der Waals surface area contributed by atoms with Gasteiger partial charge in [-0.2, -0.15) is 0 Å². The van der Waals surface area contributed by atoms with Crippen molar-refractivity contribution in [2.75, 3.05) is 12.0 Å². The van der Waals surface area contributed by atoms with Gasteiger partial charge in [-0.3, -0.25) is 4.98 Å². The molecule has 0 atom stereocenters. The molecule has 21 heavy (non-hydrogen) atoms. The highest BCUT2D eigenvalue weighted by atomic mass is 16.5. The SMILES string of the molecule is COC(=O)C1=CN(c2cc(C)nc(C)c2)C=C(C(=O)O)C1. The smallest absolute Gasteiger partial charge is 0.335 e. The van der Waals surface area contributed by atoms with Crippen molar-refractivity contribution in [3.05, 3.63) is 47.1 Å². The molecule has 0 fully saturated rings. The van der Waals surface area contributed by atoms with Crippen molar-refractivity contribution >= 4 is 17.6 Å². The molecular weight excluding hydrogens is 272 g/mol. The van der Waals surface area contributed by atoms with E-state index in [1.54, 1.807) is 11.1 Å². The number of anilines is 1. The summed E-state index contributed by atoms with van der Waals surface area (Å²) in [6, 6.07) is 3.64. The molecule has 110 valence electrons.